The van der Waals surface area contributed by atoms with Crippen molar-refractivity contribution >= 4 is 10.9 Å². The Morgan fingerprint density at radius 1 is 1.38 bits per heavy atom. The summed E-state index contributed by atoms with van der Waals surface area (Å²) in [5.74, 6) is 1.61. The quantitative estimate of drug-likeness (QED) is 0.663. The van der Waals surface area contributed by atoms with Crippen LogP contribution >= 0.6 is 0 Å². The number of fused-ring (bicyclic) bond motifs is 3. The molecule has 2 aromatic rings. The number of hydrogen-bond donors (Lipinski definition) is 1. The second-order valence-electron chi connectivity index (χ2n) is 3.03. The molecule has 0 radical (unpaired) electrons. The highest BCUT2D eigenvalue weighted by atomic mass is 16.7. The molecule has 4 nitrogen and oxygen atoms in total. The Hall–Kier alpha value is -1.71. The number of rotatable bonds is 0. The van der Waals surface area contributed by atoms with Gasteiger partial charge < -0.3 is 9.47 Å². The zero-order chi connectivity index (χ0) is 8.84. The van der Waals surface area contributed by atoms with Crippen LogP contribution < -0.4 is 9.47 Å². The third kappa shape index (κ3) is 0.771. The monoisotopic (exact) mass is 176 g/mol. The maximum Gasteiger partial charge on any atom is 0.231 e. The summed E-state index contributed by atoms with van der Waals surface area (Å²) in [6.07, 6.45) is 0. The summed E-state index contributed by atoms with van der Waals surface area (Å²) in [4.78, 5) is 0. The van der Waals surface area contributed by atoms with E-state index < -0.39 is 0 Å². The van der Waals surface area contributed by atoms with Gasteiger partial charge in [-0.2, -0.15) is 5.10 Å². The lowest BCUT2D eigenvalue weighted by Gasteiger charge is -1.96. The van der Waals surface area contributed by atoms with E-state index in [1.807, 2.05) is 19.1 Å². The number of H-pyrrole nitrogens is 1. The average molecular weight is 176 g/mol. The van der Waals surface area contributed by atoms with E-state index in [1.165, 1.54) is 0 Å². The van der Waals surface area contributed by atoms with Crippen molar-refractivity contribution in [2.45, 2.75) is 6.92 Å². The van der Waals surface area contributed by atoms with Gasteiger partial charge in [0.15, 0.2) is 11.5 Å². The molecule has 4 heteroatoms. The van der Waals surface area contributed by atoms with Crippen molar-refractivity contribution < 1.29 is 9.47 Å². The molecule has 0 saturated carbocycles. The first-order valence-electron chi connectivity index (χ1n) is 4.09. The lowest BCUT2D eigenvalue weighted by molar-refractivity contribution is 0.175. The molecule has 0 fully saturated rings. The van der Waals surface area contributed by atoms with E-state index >= 15 is 0 Å². The zero-order valence-electron chi connectivity index (χ0n) is 7.13. The van der Waals surface area contributed by atoms with Crippen molar-refractivity contribution in [1.29, 1.82) is 0 Å². The van der Waals surface area contributed by atoms with E-state index in [0.717, 1.165) is 28.1 Å². The molecule has 3 rings (SSSR count). The standard InChI is InChI=1S/C9H8N2O2/c1-5-8-6(11-10-5)2-3-7-9(8)13-4-12-7/h2-3H,4H2,1H3,(H,10,11). The number of aryl methyl sites for hydroxylation is 1. The second-order valence-corrected chi connectivity index (χ2v) is 3.03. The summed E-state index contributed by atoms with van der Waals surface area (Å²) in [5, 5.41) is 8.07. The fourth-order valence-corrected chi connectivity index (χ4v) is 1.62. The lowest BCUT2D eigenvalue weighted by Crippen LogP contribution is -1.93. The molecule has 1 aromatic heterocycles. The molecule has 1 N–H and O–H groups in total. The molecule has 0 amide bonds. The Bertz CT molecular complexity index is 476. The van der Waals surface area contributed by atoms with Crippen LogP contribution in [0.1, 0.15) is 5.69 Å². The van der Waals surface area contributed by atoms with E-state index in [4.69, 9.17) is 9.47 Å². The third-order valence-electron chi connectivity index (χ3n) is 2.25. The van der Waals surface area contributed by atoms with Crippen molar-refractivity contribution in [3.63, 3.8) is 0 Å². The maximum atomic E-state index is 5.37. The van der Waals surface area contributed by atoms with Gasteiger partial charge in [0, 0.05) is 0 Å². The topological polar surface area (TPSA) is 47.1 Å². The van der Waals surface area contributed by atoms with Crippen LogP contribution in [-0.4, -0.2) is 17.0 Å². The van der Waals surface area contributed by atoms with Crippen LogP contribution in [0.15, 0.2) is 12.1 Å². The van der Waals surface area contributed by atoms with E-state index in [2.05, 4.69) is 10.2 Å². The third-order valence-corrected chi connectivity index (χ3v) is 2.25. The molecule has 1 aliphatic rings. The molecular weight excluding hydrogens is 168 g/mol. The summed E-state index contributed by atoms with van der Waals surface area (Å²) >= 11 is 0. The minimum absolute atomic E-state index is 0.305. The largest absolute Gasteiger partial charge is 0.454 e. The van der Waals surface area contributed by atoms with Gasteiger partial charge in [0.2, 0.25) is 6.79 Å². The number of ether oxygens (including phenoxy) is 2. The van der Waals surface area contributed by atoms with Gasteiger partial charge in [0.25, 0.3) is 0 Å². The van der Waals surface area contributed by atoms with Crippen LogP contribution in [0.25, 0.3) is 10.9 Å². The normalized spacial score (nSPS) is 13.9. The van der Waals surface area contributed by atoms with Gasteiger partial charge in [0.1, 0.15) is 0 Å². The van der Waals surface area contributed by atoms with Crippen LogP contribution in [0.4, 0.5) is 0 Å². The number of nitrogens with one attached hydrogen (secondary N) is 1. The highest BCUT2D eigenvalue weighted by molar-refractivity contribution is 5.90. The van der Waals surface area contributed by atoms with Crippen molar-refractivity contribution in [2.24, 2.45) is 0 Å². The Morgan fingerprint density at radius 2 is 2.31 bits per heavy atom. The number of nitrogens with zero attached hydrogens (tertiary/aromatic N) is 1. The van der Waals surface area contributed by atoms with Crippen molar-refractivity contribution in [1.82, 2.24) is 10.2 Å². The van der Waals surface area contributed by atoms with Crippen LogP contribution in [-0.2, 0) is 0 Å². The van der Waals surface area contributed by atoms with Gasteiger partial charge in [-0.05, 0) is 19.1 Å². The van der Waals surface area contributed by atoms with Crippen LogP contribution in [0.2, 0.25) is 0 Å². The van der Waals surface area contributed by atoms with Crippen molar-refractivity contribution in [3.05, 3.63) is 17.8 Å². The number of hydrogen-bond acceptors (Lipinski definition) is 3. The minimum Gasteiger partial charge on any atom is -0.454 e. The van der Waals surface area contributed by atoms with E-state index in [9.17, 15) is 0 Å². The smallest absolute Gasteiger partial charge is 0.231 e. The van der Waals surface area contributed by atoms with Crippen LogP contribution in [0.3, 0.4) is 0 Å². The number of benzene rings is 1. The summed E-state index contributed by atoms with van der Waals surface area (Å²) < 4.78 is 10.6. The summed E-state index contributed by atoms with van der Waals surface area (Å²) in [6.45, 7) is 2.25. The molecule has 0 aliphatic carbocycles. The van der Waals surface area contributed by atoms with E-state index in [0.29, 0.717) is 6.79 Å². The minimum atomic E-state index is 0.305. The predicted molar refractivity (Wildman–Crippen MR) is 47.0 cm³/mol. The van der Waals surface area contributed by atoms with Crippen molar-refractivity contribution in [2.75, 3.05) is 6.79 Å². The van der Waals surface area contributed by atoms with Crippen LogP contribution in [0.5, 0.6) is 11.5 Å². The predicted octanol–water partition coefficient (Wildman–Crippen LogP) is 1.60. The molecule has 0 saturated heterocycles. The average Bonchev–Trinajstić information content (AvgIpc) is 2.70. The van der Waals surface area contributed by atoms with Gasteiger partial charge in [-0.3, -0.25) is 5.10 Å². The Balaban J connectivity index is 2.47. The van der Waals surface area contributed by atoms with Gasteiger partial charge in [-0.25, -0.2) is 0 Å². The van der Waals surface area contributed by atoms with E-state index in [1.54, 1.807) is 0 Å². The summed E-state index contributed by atoms with van der Waals surface area (Å²) in [6, 6.07) is 3.84. The molecule has 0 bridgehead atoms. The molecule has 66 valence electrons. The number of aromatic nitrogens is 2. The molecule has 0 atom stereocenters. The highest BCUT2D eigenvalue weighted by Gasteiger charge is 2.19. The first-order valence-corrected chi connectivity index (χ1v) is 4.09. The summed E-state index contributed by atoms with van der Waals surface area (Å²) in [7, 11) is 0. The second kappa shape index (κ2) is 2.16. The Kier molecular flexibility index (Phi) is 1.12. The lowest BCUT2D eigenvalue weighted by atomic mass is 10.2. The number of aromatic amines is 1. The first-order chi connectivity index (χ1) is 6.36. The fourth-order valence-electron chi connectivity index (χ4n) is 1.62. The molecule has 1 aliphatic heterocycles. The fraction of sp³-hybridized carbons (Fsp3) is 0.222. The van der Waals surface area contributed by atoms with Gasteiger partial charge in [0.05, 0.1) is 16.6 Å². The Morgan fingerprint density at radius 3 is 3.23 bits per heavy atom. The molecular formula is C9H8N2O2. The van der Waals surface area contributed by atoms with Crippen molar-refractivity contribution in [3.8, 4) is 11.5 Å². The molecule has 2 heterocycles. The maximum absolute atomic E-state index is 5.37. The van der Waals surface area contributed by atoms with Gasteiger partial charge in [-0.1, -0.05) is 0 Å². The molecule has 13 heavy (non-hydrogen) atoms. The first kappa shape index (κ1) is 6.77. The molecule has 1 aromatic carbocycles. The van der Waals surface area contributed by atoms with Gasteiger partial charge >= 0.3 is 0 Å². The molecule has 0 unspecified atom stereocenters. The zero-order valence-corrected chi connectivity index (χ0v) is 7.13. The van der Waals surface area contributed by atoms with Crippen LogP contribution in [0, 0.1) is 6.92 Å². The molecule has 0 spiro atoms. The highest BCUT2D eigenvalue weighted by Crippen LogP contribution is 2.39. The Labute approximate surface area is 74.5 Å². The SMILES string of the molecule is Cc1n[nH]c2ccc3c(c12)OCO3. The summed E-state index contributed by atoms with van der Waals surface area (Å²) in [5.41, 5.74) is 1.93. The van der Waals surface area contributed by atoms with E-state index in [-0.39, 0.29) is 0 Å². The van der Waals surface area contributed by atoms with Gasteiger partial charge in [-0.15, -0.1) is 0 Å².